The first-order valence-corrected chi connectivity index (χ1v) is 9.92. The van der Waals surface area contributed by atoms with Gasteiger partial charge < -0.3 is 10.1 Å². The zero-order valence-electron chi connectivity index (χ0n) is 15.7. The molecule has 1 saturated heterocycles. The fourth-order valence-electron chi connectivity index (χ4n) is 4.78. The van der Waals surface area contributed by atoms with Crippen LogP contribution in [-0.4, -0.2) is 24.5 Å². The van der Waals surface area contributed by atoms with Crippen molar-refractivity contribution in [2.24, 2.45) is 0 Å². The molecule has 0 spiro atoms. The van der Waals surface area contributed by atoms with Gasteiger partial charge in [-0.15, -0.1) is 0 Å². The molecule has 3 heteroatoms. The Labute approximate surface area is 165 Å². The average molecular weight is 369 g/mol. The van der Waals surface area contributed by atoms with Gasteiger partial charge >= 0.3 is 0 Å². The normalized spacial score (nSPS) is 23.0. The molecule has 2 heterocycles. The highest BCUT2D eigenvalue weighted by Crippen LogP contribution is 2.50. The second kappa shape index (κ2) is 6.92. The van der Waals surface area contributed by atoms with Gasteiger partial charge in [0, 0.05) is 24.4 Å². The number of hydrogen-bond donors (Lipinski definition) is 1. The molecule has 140 valence electrons. The van der Waals surface area contributed by atoms with Crippen LogP contribution >= 0.6 is 0 Å². The van der Waals surface area contributed by atoms with Crippen molar-refractivity contribution in [1.82, 2.24) is 5.32 Å². The van der Waals surface area contributed by atoms with Gasteiger partial charge in [-0.1, -0.05) is 78.9 Å². The molecule has 0 amide bonds. The molecule has 1 N–H and O–H groups in total. The highest BCUT2D eigenvalue weighted by atomic mass is 16.5. The number of hydrogen-bond acceptors (Lipinski definition) is 3. The standard InChI is InChI=1S/C25H23NO2/c27-24(23(18-9-3-1-4-10-18)19-11-5-2-6-12-19)25-15-16-26-17-21(25)20-13-7-8-14-22(20)28-25/h1-14,21,23,26H,15-17H2. The number of Topliss-reactive ketones (excluding diaryl/α,β-unsaturated/α-hetero) is 1. The van der Waals surface area contributed by atoms with E-state index in [0.717, 1.165) is 35.5 Å². The van der Waals surface area contributed by atoms with Gasteiger partial charge in [0.25, 0.3) is 0 Å². The van der Waals surface area contributed by atoms with Crippen LogP contribution in [-0.2, 0) is 4.79 Å². The number of carbonyl (C=O) groups is 1. The summed E-state index contributed by atoms with van der Waals surface area (Å²) < 4.78 is 6.49. The second-order valence-electron chi connectivity index (χ2n) is 7.65. The maximum atomic E-state index is 14.2. The molecule has 0 aromatic heterocycles. The van der Waals surface area contributed by atoms with Crippen LogP contribution in [0.15, 0.2) is 84.9 Å². The van der Waals surface area contributed by atoms with E-state index in [1.54, 1.807) is 0 Å². The Morgan fingerprint density at radius 1 is 0.893 bits per heavy atom. The number of piperidine rings is 1. The number of benzene rings is 3. The predicted octanol–water partition coefficient (Wildman–Crippen LogP) is 4.30. The van der Waals surface area contributed by atoms with Gasteiger partial charge in [0.15, 0.2) is 11.4 Å². The molecular weight excluding hydrogens is 346 g/mol. The van der Waals surface area contributed by atoms with Crippen LogP contribution in [0, 0.1) is 0 Å². The number of carbonyl (C=O) groups excluding carboxylic acids is 1. The Morgan fingerprint density at radius 3 is 2.18 bits per heavy atom. The number of ether oxygens (including phenoxy) is 1. The topological polar surface area (TPSA) is 38.3 Å². The minimum atomic E-state index is -0.814. The van der Waals surface area contributed by atoms with Crippen LogP contribution in [0.1, 0.15) is 34.9 Å². The number of fused-ring (bicyclic) bond motifs is 3. The van der Waals surface area contributed by atoms with Crippen molar-refractivity contribution in [3.05, 3.63) is 102 Å². The van der Waals surface area contributed by atoms with Gasteiger partial charge in [0.05, 0.1) is 5.92 Å². The number of ketones is 1. The lowest BCUT2D eigenvalue weighted by atomic mass is 9.70. The van der Waals surface area contributed by atoms with Crippen molar-refractivity contribution in [2.75, 3.05) is 13.1 Å². The molecule has 3 nitrogen and oxygen atoms in total. The van der Waals surface area contributed by atoms with E-state index in [1.165, 1.54) is 0 Å². The van der Waals surface area contributed by atoms with Crippen molar-refractivity contribution in [3.8, 4) is 5.75 Å². The summed E-state index contributed by atoms with van der Waals surface area (Å²) in [7, 11) is 0. The van der Waals surface area contributed by atoms with Gasteiger partial charge in [-0.2, -0.15) is 0 Å². The summed E-state index contributed by atoms with van der Waals surface area (Å²) in [5, 5.41) is 3.46. The third-order valence-electron chi connectivity index (χ3n) is 6.12. The van der Waals surface area contributed by atoms with Gasteiger partial charge in [-0.25, -0.2) is 0 Å². The first-order valence-electron chi connectivity index (χ1n) is 9.92. The summed E-state index contributed by atoms with van der Waals surface area (Å²) in [5.74, 6) is 0.717. The molecule has 3 aromatic carbocycles. The molecule has 0 saturated carbocycles. The SMILES string of the molecule is O=C(C(c1ccccc1)c1ccccc1)C12CCNCC1c1ccccc1O2. The first kappa shape index (κ1) is 17.2. The predicted molar refractivity (Wildman–Crippen MR) is 110 cm³/mol. The molecule has 2 aliphatic rings. The van der Waals surface area contributed by atoms with Gasteiger partial charge in [-0.3, -0.25) is 4.79 Å². The smallest absolute Gasteiger partial charge is 0.188 e. The highest BCUT2D eigenvalue weighted by molar-refractivity contribution is 5.98. The Bertz CT molecular complexity index is 946. The van der Waals surface area contributed by atoms with E-state index < -0.39 is 5.60 Å². The minimum Gasteiger partial charge on any atom is -0.478 e. The largest absolute Gasteiger partial charge is 0.478 e. The maximum Gasteiger partial charge on any atom is 0.188 e. The van der Waals surface area contributed by atoms with Crippen LogP contribution in [0.5, 0.6) is 5.75 Å². The van der Waals surface area contributed by atoms with Gasteiger partial charge in [-0.05, 0) is 23.7 Å². The molecular formula is C25H23NO2. The Kier molecular flexibility index (Phi) is 4.25. The zero-order chi connectivity index (χ0) is 19.0. The average Bonchev–Trinajstić information content (AvgIpc) is 3.11. The van der Waals surface area contributed by atoms with Crippen LogP contribution in [0.2, 0.25) is 0 Å². The third-order valence-corrected chi connectivity index (χ3v) is 6.12. The van der Waals surface area contributed by atoms with Crippen molar-refractivity contribution < 1.29 is 9.53 Å². The van der Waals surface area contributed by atoms with Crippen LogP contribution in [0.25, 0.3) is 0 Å². The summed E-state index contributed by atoms with van der Waals surface area (Å²) in [6, 6.07) is 28.3. The lowest BCUT2D eigenvalue weighted by Crippen LogP contribution is -2.56. The summed E-state index contributed by atoms with van der Waals surface area (Å²) in [5.41, 5.74) is 2.36. The quantitative estimate of drug-likeness (QED) is 0.745. The molecule has 2 unspecified atom stereocenters. The Balaban J connectivity index is 1.63. The summed E-state index contributed by atoms with van der Waals surface area (Å²) >= 11 is 0. The van der Waals surface area contributed by atoms with Crippen LogP contribution in [0.4, 0.5) is 0 Å². The molecule has 0 radical (unpaired) electrons. The minimum absolute atomic E-state index is 0.0416. The molecule has 5 rings (SSSR count). The van der Waals surface area contributed by atoms with Gasteiger partial charge in [0.1, 0.15) is 5.75 Å². The van der Waals surface area contributed by atoms with Crippen LogP contribution < -0.4 is 10.1 Å². The van der Waals surface area contributed by atoms with E-state index in [0.29, 0.717) is 6.42 Å². The van der Waals surface area contributed by atoms with E-state index in [4.69, 9.17) is 4.74 Å². The van der Waals surface area contributed by atoms with E-state index in [2.05, 4.69) is 11.4 Å². The number of rotatable bonds is 4. The van der Waals surface area contributed by atoms with Crippen molar-refractivity contribution >= 4 is 5.78 Å². The number of para-hydroxylation sites is 1. The molecule has 2 atom stereocenters. The van der Waals surface area contributed by atoms with Crippen LogP contribution in [0.3, 0.4) is 0 Å². The van der Waals surface area contributed by atoms with Crippen molar-refractivity contribution in [2.45, 2.75) is 23.9 Å². The summed E-state index contributed by atoms with van der Waals surface area (Å²) in [6.07, 6.45) is 0.682. The fraction of sp³-hybridized carbons (Fsp3) is 0.240. The molecule has 1 fully saturated rings. The summed E-state index contributed by atoms with van der Waals surface area (Å²) in [4.78, 5) is 14.2. The zero-order valence-corrected chi connectivity index (χ0v) is 15.7. The lowest BCUT2D eigenvalue weighted by Gasteiger charge is -2.39. The van der Waals surface area contributed by atoms with E-state index in [9.17, 15) is 4.79 Å². The van der Waals surface area contributed by atoms with Crippen molar-refractivity contribution in [3.63, 3.8) is 0 Å². The summed E-state index contributed by atoms with van der Waals surface area (Å²) in [6.45, 7) is 1.55. The number of nitrogens with one attached hydrogen (secondary N) is 1. The molecule has 2 aliphatic heterocycles. The first-order chi connectivity index (χ1) is 13.8. The molecule has 0 bridgehead atoms. The monoisotopic (exact) mass is 369 g/mol. The van der Waals surface area contributed by atoms with E-state index >= 15 is 0 Å². The Hall–Kier alpha value is -2.91. The van der Waals surface area contributed by atoms with Crippen molar-refractivity contribution in [1.29, 1.82) is 0 Å². The van der Waals surface area contributed by atoms with E-state index in [-0.39, 0.29) is 17.6 Å². The second-order valence-corrected chi connectivity index (χ2v) is 7.65. The molecule has 0 aliphatic carbocycles. The highest BCUT2D eigenvalue weighted by Gasteiger charge is 2.56. The lowest BCUT2D eigenvalue weighted by molar-refractivity contribution is -0.137. The maximum absolute atomic E-state index is 14.2. The third kappa shape index (κ3) is 2.66. The molecule has 3 aromatic rings. The van der Waals surface area contributed by atoms with E-state index in [1.807, 2.05) is 78.9 Å². The Morgan fingerprint density at radius 2 is 1.50 bits per heavy atom. The van der Waals surface area contributed by atoms with Gasteiger partial charge in [0.2, 0.25) is 0 Å². The fourth-order valence-corrected chi connectivity index (χ4v) is 4.78. The molecule has 28 heavy (non-hydrogen) atoms.